The van der Waals surface area contributed by atoms with Crippen molar-refractivity contribution in [2.75, 3.05) is 0 Å². The van der Waals surface area contributed by atoms with Gasteiger partial charge in [0.1, 0.15) is 0 Å². The van der Waals surface area contributed by atoms with E-state index in [1.165, 1.54) is 97.6 Å². The van der Waals surface area contributed by atoms with Crippen LogP contribution in [0.2, 0.25) is 0 Å². The summed E-state index contributed by atoms with van der Waals surface area (Å²) in [6.07, 6.45) is 0. The summed E-state index contributed by atoms with van der Waals surface area (Å²) in [5, 5.41) is 15.8. The summed E-state index contributed by atoms with van der Waals surface area (Å²) in [5.74, 6) is 0. The van der Waals surface area contributed by atoms with Crippen LogP contribution in [0, 0.1) is 0 Å². The molecule has 238 valence electrons. The lowest BCUT2D eigenvalue weighted by molar-refractivity contribution is 1.64. The fourth-order valence-corrected chi connectivity index (χ4v) is 9.87. The van der Waals surface area contributed by atoms with Crippen LogP contribution in [0.3, 0.4) is 0 Å². The lowest BCUT2D eigenvalue weighted by atomic mass is 9.84. The predicted octanol–water partition coefficient (Wildman–Crippen LogP) is 11.6. The van der Waals surface area contributed by atoms with Crippen molar-refractivity contribution in [2.45, 2.75) is 0 Å². The van der Waals surface area contributed by atoms with Gasteiger partial charge < -0.3 is 0 Å². The molecule has 1 heteroatoms. The van der Waals surface area contributed by atoms with Gasteiger partial charge in [-0.2, -0.15) is 0 Å². The van der Waals surface area contributed by atoms with Crippen molar-refractivity contribution in [1.82, 2.24) is 0 Å². The molecule has 10 rings (SSSR count). The van der Waals surface area contributed by atoms with Crippen molar-refractivity contribution in [1.29, 1.82) is 0 Å². The van der Waals surface area contributed by atoms with Crippen LogP contribution in [0.1, 0.15) is 0 Å². The molecule has 0 unspecified atom stereocenters. The molecule has 0 atom stereocenters. The van der Waals surface area contributed by atoms with Crippen molar-refractivity contribution in [3.05, 3.63) is 194 Å². The standard InChI is InChI=1S/C50H34Si/c1-2-19-37(20-3-1)51-38-28-29-46-48(32-38)49(44-25-10-11-26-45(44)50(46)43-27-13-16-33-14-4-6-21-39(33)43)36-18-12-17-34(30-36)47-31-35-15-5-7-22-40(35)41-23-8-9-24-42(41)47/h1-32H,51H2. The average Bonchev–Trinajstić information content (AvgIpc) is 3.20. The molecule has 0 bridgehead atoms. The molecule has 0 spiro atoms. The minimum absolute atomic E-state index is 0.672. The molecule has 0 radical (unpaired) electrons. The van der Waals surface area contributed by atoms with Crippen LogP contribution >= 0.6 is 0 Å². The third-order valence-corrected chi connectivity index (χ3v) is 12.4. The van der Waals surface area contributed by atoms with Crippen LogP contribution < -0.4 is 10.4 Å². The molecule has 0 amide bonds. The molecular weight excluding hydrogens is 629 g/mol. The van der Waals surface area contributed by atoms with Gasteiger partial charge in [-0.1, -0.05) is 192 Å². The fraction of sp³-hybridized carbons (Fsp3) is 0. The molecule has 0 aliphatic heterocycles. The Morgan fingerprint density at radius 2 is 0.843 bits per heavy atom. The molecule has 0 aliphatic rings. The van der Waals surface area contributed by atoms with Gasteiger partial charge >= 0.3 is 0 Å². The highest BCUT2D eigenvalue weighted by atomic mass is 28.2. The van der Waals surface area contributed by atoms with Crippen molar-refractivity contribution < 1.29 is 0 Å². The largest absolute Gasteiger partial charge is 0.0875 e. The van der Waals surface area contributed by atoms with Crippen molar-refractivity contribution >= 4 is 73.8 Å². The van der Waals surface area contributed by atoms with Crippen molar-refractivity contribution in [2.24, 2.45) is 0 Å². The van der Waals surface area contributed by atoms with Crippen LogP contribution in [-0.4, -0.2) is 9.52 Å². The summed E-state index contributed by atoms with van der Waals surface area (Å²) in [6, 6.07) is 72.2. The van der Waals surface area contributed by atoms with E-state index in [1.54, 1.807) is 0 Å². The summed E-state index contributed by atoms with van der Waals surface area (Å²) in [7, 11) is -0.672. The second-order valence-electron chi connectivity index (χ2n) is 13.6. The smallest absolute Gasteiger partial charge is 0.0633 e. The zero-order chi connectivity index (χ0) is 33.7. The highest BCUT2D eigenvalue weighted by Gasteiger charge is 2.19. The second kappa shape index (κ2) is 12.2. The van der Waals surface area contributed by atoms with E-state index < -0.39 is 9.52 Å². The number of benzene rings is 10. The molecule has 0 aliphatic carbocycles. The Labute approximate surface area is 300 Å². The molecule has 0 aromatic heterocycles. The zero-order valence-corrected chi connectivity index (χ0v) is 29.6. The maximum atomic E-state index is 2.52. The fourth-order valence-electron chi connectivity index (χ4n) is 8.35. The normalized spacial score (nSPS) is 11.8. The number of hydrogen-bond acceptors (Lipinski definition) is 0. The molecular formula is C50H34Si. The summed E-state index contributed by atoms with van der Waals surface area (Å²) in [6.45, 7) is 0. The molecule has 0 nitrogen and oxygen atoms in total. The molecule has 51 heavy (non-hydrogen) atoms. The van der Waals surface area contributed by atoms with E-state index in [1.807, 2.05) is 0 Å². The molecule has 0 N–H and O–H groups in total. The third-order valence-electron chi connectivity index (χ3n) is 10.6. The summed E-state index contributed by atoms with van der Waals surface area (Å²) >= 11 is 0. The van der Waals surface area contributed by atoms with E-state index in [4.69, 9.17) is 0 Å². The van der Waals surface area contributed by atoms with E-state index >= 15 is 0 Å². The van der Waals surface area contributed by atoms with Gasteiger partial charge in [0.2, 0.25) is 0 Å². The van der Waals surface area contributed by atoms with Crippen molar-refractivity contribution in [3.63, 3.8) is 0 Å². The number of fused-ring (bicyclic) bond motifs is 6. The van der Waals surface area contributed by atoms with E-state index in [2.05, 4.69) is 194 Å². The van der Waals surface area contributed by atoms with Crippen LogP contribution in [0.25, 0.3) is 87.2 Å². The Kier molecular flexibility index (Phi) is 7.11. The number of hydrogen-bond donors (Lipinski definition) is 0. The predicted molar refractivity (Wildman–Crippen MR) is 225 cm³/mol. The minimum Gasteiger partial charge on any atom is -0.0633 e. The Morgan fingerprint density at radius 3 is 1.67 bits per heavy atom. The quantitative estimate of drug-likeness (QED) is 0.0977. The molecule has 0 saturated heterocycles. The second-order valence-corrected chi connectivity index (χ2v) is 15.6. The Bertz CT molecular complexity index is 2930. The first kappa shape index (κ1) is 29.6. The maximum Gasteiger partial charge on any atom is 0.0875 e. The lowest BCUT2D eigenvalue weighted by Crippen LogP contribution is -2.26. The van der Waals surface area contributed by atoms with E-state index in [0.29, 0.717) is 0 Å². The number of rotatable bonds is 5. The van der Waals surface area contributed by atoms with E-state index in [0.717, 1.165) is 0 Å². The van der Waals surface area contributed by atoms with Crippen LogP contribution in [0.4, 0.5) is 0 Å². The van der Waals surface area contributed by atoms with Gasteiger partial charge in [0.25, 0.3) is 0 Å². The van der Waals surface area contributed by atoms with E-state index in [9.17, 15) is 0 Å². The van der Waals surface area contributed by atoms with Gasteiger partial charge in [-0.25, -0.2) is 0 Å². The minimum atomic E-state index is -0.672. The molecule has 10 aromatic carbocycles. The summed E-state index contributed by atoms with van der Waals surface area (Å²) in [5.41, 5.74) is 7.65. The zero-order valence-electron chi connectivity index (χ0n) is 28.2. The first-order valence-corrected chi connectivity index (χ1v) is 19.2. The van der Waals surface area contributed by atoms with E-state index in [-0.39, 0.29) is 0 Å². The SMILES string of the molecule is c1ccc([SiH2]c2ccc3c(-c4cccc5ccccc45)c4ccccc4c(-c4cccc(-c5cc6ccccc6c6ccccc56)c4)c3c2)cc1. The Morgan fingerprint density at radius 1 is 0.255 bits per heavy atom. The summed E-state index contributed by atoms with van der Waals surface area (Å²) in [4.78, 5) is 0. The molecule has 0 heterocycles. The van der Waals surface area contributed by atoms with Gasteiger partial charge in [0.05, 0.1) is 9.52 Å². The molecule has 0 fully saturated rings. The highest BCUT2D eigenvalue weighted by molar-refractivity contribution is 6.67. The van der Waals surface area contributed by atoms with Gasteiger partial charge in [-0.15, -0.1) is 0 Å². The topological polar surface area (TPSA) is 0 Å². The van der Waals surface area contributed by atoms with Crippen molar-refractivity contribution in [3.8, 4) is 33.4 Å². The third kappa shape index (κ3) is 5.05. The van der Waals surface area contributed by atoms with Crippen LogP contribution in [0.5, 0.6) is 0 Å². The highest BCUT2D eigenvalue weighted by Crippen LogP contribution is 2.46. The van der Waals surface area contributed by atoms with Crippen LogP contribution in [0.15, 0.2) is 194 Å². The van der Waals surface area contributed by atoms with Gasteiger partial charge in [-0.3, -0.25) is 0 Å². The van der Waals surface area contributed by atoms with Gasteiger partial charge in [0, 0.05) is 0 Å². The summed E-state index contributed by atoms with van der Waals surface area (Å²) < 4.78 is 0. The Hall–Kier alpha value is -6.28. The van der Waals surface area contributed by atoms with Crippen LogP contribution in [-0.2, 0) is 0 Å². The van der Waals surface area contributed by atoms with Gasteiger partial charge in [0.15, 0.2) is 0 Å². The average molecular weight is 663 g/mol. The maximum absolute atomic E-state index is 2.52. The lowest BCUT2D eigenvalue weighted by Gasteiger charge is -2.20. The Balaban J connectivity index is 1.28. The first-order chi connectivity index (χ1) is 25.3. The van der Waals surface area contributed by atoms with Gasteiger partial charge in [-0.05, 0) is 99.4 Å². The molecule has 10 aromatic rings. The monoisotopic (exact) mass is 662 g/mol. The molecule has 0 saturated carbocycles. The first-order valence-electron chi connectivity index (χ1n) is 17.8.